The third kappa shape index (κ3) is 3.64. The lowest BCUT2D eigenvalue weighted by Gasteiger charge is -2.29. The molecule has 1 saturated carbocycles. The Morgan fingerprint density at radius 2 is 2.10 bits per heavy atom. The van der Waals surface area contributed by atoms with Crippen LogP contribution in [0.2, 0.25) is 0 Å². The smallest absolute Gasteiger partial charge is 0.260 e. The van der Waals surface area contributed by atoms with E-state index < -0.39 is 10.0 Å². The standard InChI is InChI=1S/C14H26N4O2S/c1-11(2)10-18(13-6-4-5-7-13)21(19,20)14-12(8-15-3)9-16-17-14/h9,11,13,15H,4-8,10H2,1-3H3,(H,16,17). The largest absolute Gasteiger partial charge is 0.316 e. The van der Waals surface area contributed by atoms with Crippen LogP contribution in [0.15, 0.2) is 11.2 Å². The van der Waals surface area contributed by atoms with Crippen molar-refractivity contribution in [3.63, 3.8) is 0 Å². The molecule has 7 heteroatoms. The van der Waals surface area contributed by atoms with Crippen LogP contribution in [-0.4, -0.2) is 42.6 Å². The van der Waals surface area contributed by atoms with E-state index in [0.717, 1.165) is 25.7 Å². The van der Waals surface area contributed by atoms with Gasteiger partial charge in [0, 0.05) is 24.7 Å². The van der Waals surface area contributed by atoms with Gasteiger partial charge in [-0.3, -0.25) is 5.10 Å². The summed E-state index contributed by atoms with van der Waals surface area (Å²) in [5.74, 6) is 0.302. The average Bonchev–Trinajstić information content (AvgIpc) is 3.07. The molecule has 1 aliphatic rings. The zero-order valence-corrected chi connectivity index (χ0v) is 13.9. The summed E-state index contributed by atoms with van der Waals surface area (Å²) in [7, 11) is -1.72. The maximum Gasteiger partial charge on any atom is 0.260 e. The van der Waals surface area contributed by atoms with Crippen molar-refractivity contribution in [2.75, 3.05) is 13.6 Å². The van der Waals surface area contributed by atoms with Crippen LogP contribution in [0.3, 0.4) is 0 Å². The van der Waals surface area contributed by atoms with Crippen molar-refractivity contribution in [3.05, 3.63) is 11.8 Å². The molecule has 1 aliphatic carbocycles. The summed E-state index contributed by atoms with van der Waals surface area (Å²) < 4.78 is 27.8. The number of H-pyrrole nitrogens is 1. The van der Waals surface area contributed by atoms with E-state index >= 15 is 0 Å². The van der Waals surface area contributed by atoms with Gasteiger partial charge in [-0.05, 0) is 25.8 Å². The third-order valence-corrected chi connectivity index (χ3v) is 5.82. The molecule has 0 atom stereocenters. The van der Waals surface area contributed by atoms with Crippen molar-refractivity contribution in [2.45, 2.75) is 57.1 Å². The molecular weight excluding hydrogens is 288 g/mol. The molecule has 0 aromatic carbocycles. The Morgan fingerprint density at radius 3 is 2.67 bits per heavy atom. The molecule has 1 aromatic heterocycles. The lowest BCUT2D eigenvalue weighted by atomic mass is 10.2. The first-order valence-electron chi connectivity index (χ1n) is 7.65. The van der Waals surface area contributed by atoms with Crippen molar-refractivity contribution < 1.29 is 8.42 Å². The number of sulfonamides is 1. The van der Waals surface area contributed by atoms with Gasteiger partial charge >= 0.3 is 0 Å². The van der Waals surface area contributed by atoms with Crippen molar-refractivity contribution in [1.82, 2.24) is 19.8 Å². The number of aromatic nitrogens is 2. The van der Waals surface area contributed by atoms with Gasteiger partial charge in [-0.2, -0.15) is 9.40 Å². The second kappa shape index (κ2) is 6.89. The lowest BCUT2D eigenvalue weighted by molar-refractivity contribution is 0.291. The Balaban J connectivity index is 2.33. The van der Waals surface area contributed by atoms with E-state index in [-0.39, 0.29) is 11.1 Å². The van der Waals surface area contributed by atoms with Crippen LogP contribution >= 0.6 is 0 Å². The number of nitrogens with zero attached hydrogens (tertiary/aromatic N) is 2. The number of rotatable bonds is 7. The monoisotopic (exact) mass is 314 g/mol. The van der Waals surface area contributed by atoms with E-state index in [9.17, 15) is 8.42 Å². The molecular formula is C14H26N4O2S. The Bertz CT molecular complexity index is 547. The fraction of sp³-hybridized carbons (Fsp3) is 0.786. The molecule has 6 nitrogen and oxygen atoms in total. The van der Waals surface area contributed by atoms with E-state index in [1.165, 1.54) is 0 Å². The van der Waals surface area contributed by atoms with Crippen LogP contribution in [-0.2, 0) is 16.6 Å². The van der Waals surface area contributed by atoms with E-state index in [0.29, 0.717) is 24.6 Å². The summed E-state index contributed by atoms with van der Waals surface area (Å²) in [5, 5.41) is 9.84. The Hall–Kier alpha value is -0.920. The first-order valence-corrected chi connectivity index (χ1v) is 9.09. The maximum absolute atomic E-state index is 13.0. The number of aromatic amines is 1. The van der Waals surface area contributed by atoms with Crippen molar-refractivity contribution in [1.29, 1.82) is 0 Å². The molecule has 0 radical (unpaired) electrons. The predicted octanol–water partition coefficient (Wildman–Crippen LogP) is 1.72. The molecule has 2 rings (SSSR count). The van der Waals surface area contributed by atoms with Gasteiger partial charge in [-0.25, -0.2) is 8.42 Å². The fourth-order valence-electron chi connectivity index (χ4n) is 2.95. The van der Waals surface area contributed by atoms with Gasteiger partial charge in [0.25, 0.3) is 10.0 Å². The second-order valence-corrected chi connectivity index (χ2v) is 7.99. The van der Waals surface area contributed by atoms with Gasteiger partial charge in [-0.1, -0.05) is 26.7 Å². The molecule has 0 amide bonds. The molecule has 0 aliphatic heterocycles. The van der Waals surface area contributed by atoms with Crippen LogP contribution in [0, 0.1) is 5.92 Å². The summed E-state index contributed by atoms with van der Waals surface area (Å²) in [6.07, 6.45) is 5.73. The highest BCUT2D eigenvalue weighted by atomic mass is 32.2. The van der Waals surface area contributed by atoms with Crippen LogP contribution < -0.4 is 5.32 Å². The van der Waals surface area contributed by atoms with Gasteiger partial charge in [0.15, 0.2) is 5.03 Å². The average molecular weight is 314 g/mol. The quantitative estimate of drug-likeness (QED) is 0.803. The Morgan fingerprint density at radius 1 is 1.43 bits per heavy atom. The van der Waals surface area contributed by atoms with Gasteiger partial charge in [0.1, 0.15) is 0 Å². The third-order valence-electron chi connectivity index (χ3n) is 3.89. The molecule has 120 valence electrons. The zero-order chi connectivity index (χ0) is 15.5. The Kier molecular flexibility index (Phi) is 5.40. The minimum Gasteiger partial charge on any atom is -0.316 e. The minimum atomic E-state index is -3.51. The highest BCUT2D eigenvalue weighted by Crippen LogP contribution is 2.29. The highest BCUT2D eigenvalue weighted by molar-refractivity contribution is 7.89. The van der Waals surface area contributed by atoms with Gasteiger partial charge in [0.2, 0.25) is 0 Å². The lowest BCUT2D eigenvalue weighted by Crippen LogP contribution is -2.41. The summed E-state index contributed by atoms with van der Waals surface area (Å²) in [4.78, 5) is 0. The van der Waals surface area contributed by atoms with Gasteiger partial charge in [0.05, 0.1) is 6.20 Å². The maximum atomic E-state index is 13.0. The number of hydrogen-bond acceptors (Lipinski definition) is 4. The van der Waals surface area contributed by atoms with Gasteiger partial charge in [-0.15, -0.1) is 0 Å². The SMILES string of the molecule is CNCc1cn[nH]c1S(=O)(=O)N(CC(C)C)C1CCCC1. The molecule has 1 aromatic rings. The summed E-state index contributed by atoms with van der Waals surface area (Å²) in [6.45, 7) is 5.16. The van der Waals surface area contributed by atoms with E-state index in [4.69, 9.17) is 0 Å². The predicted molar refractivity (Wildman–Crippen MR) is 82.3 cm³/mol. The first-order chi connectivity index (χ1) is 9.96. The Labute approximate surface area is 127 Å². The van der Waals surface area contributed by atoms with E-state index in [1.54, 1.807) is 17.5 Å². The fourth-order valence-corrected chi connectivity index (χ4v) is 4.91. The molecule has 0 unspecified atom stereocenters. The summed E-state index contributed by atoms with van der Waals surface area (Å²) in [5.41, 5.74) is 0.698. The number of hydrogen-bond donors (Lipinski definition) is 2. The number of nitrogens with one attached hydrogen (secondary N) is 2. The van der Waals surface area contributed by atoms with Crippen LogP contribution in [0.1, 0.15) is 45.1 Å². The van der Waals surface area contributed by atoms with Crippen molar-refractivity contribution in [2.24, 2.45) is 5.92 Å². The van der Waals surface area contributed by atoms with Crippen molar-refractivity contribution in [3.8, 4) is 0 Å². The van der Waals surface area contributed by atoms with Crippen molar-refractivity contribution >= 4 is 10.0 Å². The summed E-state index contributed by atoms with van der Waals surface area (Å²) >= 11 is 0. The summed E-state index contributed by atoms with van der Waals surface area (Å²) in [6, 6.07) is 0.128. The highest BCUT2D eigenvalue weighted by Gasteiger charge is 2.35. The van der Waals surface area contributed by atoms with E-state index in [1.807, 2.05) is 0 Å². The zero-order valence-electron chi connectivity index (χ0n) is 13.1. The molecule has 1 fully saturated rings. The molecule has 1 heterocycles. The molecule has 0 spiro atoms. The first kappa shape index (κ1) is 16.5. The van der Waals surface area contributed by atoms with Gasteiger partial charge < -0.3 is 5.32 Å². The minimum absolute atomic E-state index is 0.128. The second-order valence-electron chi connectivity index (χ2n) is 6.16. The molecule has 0 saturated heterocycles. The van der Waals surface area contributed by atoms with Crippen LogP contribution in [0.5, 0.6) is 0 Å². The molecule has 21 heavy (non-hydrogen) atoms. The van der Waals surface area contributed by atoms with Crippen LogP contribution in [0.4, 0.5) is 0 Å². The topological polar surface area (TPSA) is 78.1 Å². The normalized spacial score (nSPS) is 17.2. The molecule has 2 N–H and O–H groups in total. The molecule has 0 bridgehead atoms. The van der Waals surface area contributed by atoms with E-state index in [2.05, 4.69) is 29.4 Å². The van der Waals surface area contributed by atoms with Crippen LogP contribution in [0.25, 0.3) is 0 Å².